The van der Waals surface area contributed by atoms with Gasteiger partial charge in [0.05, 0.1) is 12.1 Å². The van der Waals surface area contributed by atoms with Crippen molar-refractivity contribution in [3.63, 3.8) is 0 Å². The molecule has 0 N–H and O–H groups in total. The highest BCUT2D eigenvalue weighted by Crippen LogP contribution is 2.42. The number of nitriles is 2. The lowest BCUT2D eigenvalue weighted by atomic mass is 9.82. The lowest BCUT2D eigenvalue weighted by molar-refractivity contribution is -0.116. The maximum atomic E-state index is 11.9. The van der Waals surface area contributed by atoms with E-state index in [0.29, 0.717) is 28.7 Å². The Morgan fingerprint density at radius 3 is 2.63 bits per heavy atom. The number of carbonyl (C=O) groups is 2. The van der Waals surface area contributed by atoms with E-state index in [4.69, 9.17) is 10.5 Å². The molecular weight excluding hydrogens is 240 g/mol. The first-order valence-electron chi connectivity index (χ1n) is 5.95. The second-order valence-electron chi connectivity index (χ2n) is 4.80. The number of Topliss-reactive ketones (excluding diaryl/α,β-unsaturated/α-hetero) is 2. The third kappa shape index (κ3) is 2.02. The Hall–Kier alpha value is -2.46. The van der Waals surface area contributed by atoms with E-state index >= 15 is 0 Å². The molecule has 2 aliphatic carbocycles. The van der Waals surface area contributed by atoms with E-state index in [1.54, 1.807) is 6.08 Å². The molecule has 0 fully saturated rings. The van der Waals surface area contributed by atoms with Crippen LogP contribution >= 0.6 is 0 Å². The van der Waals surface area contributed by atoms with Crippen molar-refractivity contribution >= 4 is 11.6 Å². The highest BCUT2D eigenvalue weighted by molar-refractivity contribution is 6.05. The smallest absolute Gasteiger partial charge is 0.160 e. The fraction of sp³-hybridized carbons (Fsp3) is 0.333. The van der Waals surface area contributed by atoms with Crippen LogP contribution in [0.5, 0.6) is 0 Å². The van der Waals surface area contributed by atoms with Crippen molar-refractivity contribution in [2.75, 3.05) is 0 Å². The standard InChI is InChI=1S/C15H12N2O2/c1-8-3-14-13(4-11(8)9(2)18)12(5-15(14)19)10(6-16)7-17/h4,10,12H,1,3,5H2,2H3. The number of rotatable bonds is 2. The van der Waals surface area contributed by atoms with Gasteiger partial charge in [-0.3, -0.25) is 9.59 Å². The number of ketones is 2. The van der Waals surface area contributed by atoms with Crippen molar-refractivity contribution in [1.82, 2.24) is 0 Å². The minimum absolute atomic E-state index is 0.0458. The van der Waals surface area contributed by atoms with Crippen molar-refractivity contribution in [2.24, 2.45) is 11.8 Å². The second-order valence-corrected chi connectivity index (χ2v) is 4.80. The van der Waals surface area contributed by atoms with Crippen LogP contribution < -0.4 is 0 Å². The first-order chi connectivity index (χ1) is 8.99. The van der Waals surface area contributed by atoms with Crippen LogP contribution in [0.2, 0.25) is 0 Å². The molecule has 0 aromatic rings. The summed E-state index contributed by atoms with van der Waals surface area (Å²) < 4.78 is 0. The van der Waals surface area contributed by atoms with Gasteiger partial charge < -0.3 is 0 Å². The van der Waals surface area contributed by atoms with E-state index in [0.717, 1.165) is 0 Å². The van der Waals surface area contributed by atoms with Gasteiger partial charge in [0.1, 0.15) is 5.92 Å². The molecule has 19 heavy (non-hydrogen) atoms. The van der Waals surface area contributed by atoms with E-state index in [9.17, 15) is 9.59 Å². The molecule has 0 heterocycles. The van der Waals surface area contributed by atoms with Crippen molar-refractivity contribution < 1.29 is 9.59 Å². The molecular formula is C15H12N2O2. The third-order valence-corrected chi connectivity index (χ3v) is 3.62. The summed E-state index contributed by atoms with van der Waals surface area (Å²) in [6.07, 6.45) is 2.16. The molecule has 0 aromatic carbocycles. The Labute approximate surface area is 111 Å². The fourth-order valence-corrected chi connectivity index (χ4v) is 2.64. The van der Waals surface area contributed by atoms with Crippen LogP contribution in [0.1, 0.15) is 19.8 Å². The highest BCUT2D eigenvalue weighted by Gasteiger charge is 2.38. The van der Waals surface area contributed by atoms with Gasteiger partial charge in [-0.2, -0.15) is 10.5 Å². The molecule has 0 aliphatic heterocycles. The first kappa shape index (κ1) is 13.0. The molecule has 1 atom stereocenters. The van der Waals surface area contributed by atoms with Crippen molar-refractivity contribution in [3.8, 4) is 12.1 Å². The zero-order valence-corrected chi connectivity index (χ0v) is 10.6. The van der Waals surface area contributed by atoms with Gasteiger partial charge in [-0.05, 0) is 24.1 Å². The third-order valence-electron chi connectivity index (χ3n) is 3.62. The van der Waals surface area contributed by atoms with E-state index < -0.39 is 11.8 Å². The van der Waals surface area contributed by atoms with Gasteiger partial charge in [0, 0.05) is 29.9 Å². The van der Waals surface area contributed by atoms with Crippen molar-refractivity contribution in [3.05, 3.63) is 34.9 Å². The van der Waals surface area contributed by atoms with Crippen molar-refractivity contribution in [1.29, 1.82) is 10.5 Å². The molecule has 4 nitrogen and oxygen atoms in total. The van der Waals surface area contributed by atoms with Gasteiger partial charge in [0.25, 0.3) is 0 Å². The molecule has 0 saturated heterocycles. The molecule has 0 radical (unpaired) electrons. The van der Waals surface area contributed by atoms with E-state index in [-0.39, 0.29) is 18.0 Å². The van der Waals surface area contributed by atoms with Gasteiger partial charge in [-0.15, -0.1) is 0 Å². The van der Waals surface area contributed by atoms with Gasteiger partial charge in [0.15, 0.2) is 11.6 Å². The zero-order valence-electron chi connectivity index (χ0n) is 10.6. The second kappa shape index (κ2) is 4.66. The zero-order chi connectivity index (χ0) is 14.2. The molecule has 0 saturated carbocycles. The molecule has 0 aromatic heterocycles. The quantitative estimate of drug-likeness (QED) is 0.752. The summed E-state index contributed by atoms with van der Waals surface area (Å²) in [5.74, 6) is -1.43. The maximum absolute atomic E-state index is 11.9. The number of carbonyl (C=O) groups excluding carboxylic acids is 2. The molecule has 0 amide bonds. The summed E-state index contributed by atoms with van der Waals surface area (Å²) in [6, 6.07) is 3.84. The Balaban J connectivity index is 2.50. The largest absolute Gasteiger partial charge is 0.295 e. The monoisotopic (exact) mass is 252 g/mol. The lowest BCUT2D eigenvalue weighted by Crippen LogP contribution is -2.13. The van der Waals surface area contributed by atoms with E-state index in [2.05, 4.69) is 6.58 Å². The maximum Gasteiger partial charge on any atom is 0.160 e. The number of hydrogen-bond acceptors (Lipinski definition) is 4. The SMILES string of the molecule is C=C1CC2=C(C=C1C(C)=O)C(C(C#N)C#N)CC2=O. The summed E-state index contributed by atoms with van der Waals surface area (Å²) in [5, 5.41) is 18.0. The number of nitrogens with zero attached hydrogens (tertiary/aromatic N) is 2. The Morgan fingerprint density at radius 2 is 2.11 bits per heavy atom. The summed E-state index contributed by atoms with van der Waals surface area (Å²) in [4.78, 5) is 23.5. The lowest BCUT2D eigenvalue weighted by Gasteiger charge is -2.19. The van der Waals surface area contributed by atoms with Crippen LogP contribution in [0.15, 0.2) is 34.9 Å². The average Bonchev–Trinajstić information content (AvgIpc) is 2.67. The molecule has 2 aliphatic rings. The topological polar surface area (TPSA) is 81.7 Å². The highest BCUT2D eigenvalue weighted by atomic mass is 16.1. The predicted molar refractivity (Wildman–Crippen MR) is 67.4 cm³/mol. The minimum Gasteiger partial charge on any atom is -0.295 e. The normalized spacial score (nSPS) is 21.9. The fourth-order valence-electron chi connectivity index (χ4n) is 2.64. The molecule has 94 valence electrons. The average molecular weight is 252 g/mol. The van der Waals surface area contributed by atoms with Crippen LogP contribution in [0.25, 0.3) is 0 Å². The van der Waals surface area contributed by atoms with Crippen LogP contribution in [-0.4, -0.2) is 11.6 Å². The van der Waals surface area contributed by atoms with Gasteiger partial charge in [-0.1, -0.05) is 6.58 Å². The Kier molecular flexibility index (Phi) is 3.19. The van der Waals surface area contributed by atoms with Crippen LogP contribution in [0.3, 0.4) is 0 Å². The van der Waals surface area contributed by atoms with Crippen LogP contribution in [0.4, 0.5) is 0 Å². The summed E-state index contributed by atoms with van der Waals surface area (Å²) in [7, 11) is 0. The van der Waals surface area contributed by atoms with Crippen molar-refractivity contribution in [2.45, 2.75) is 19.8 Å². The van der Waals surface area contributed by atoms with Gasteiger partial charge in [-0.25, -0.2) is 0 Å². The molecule has 1 unspecified atom stereocenters. The van der Waals surface area contributed by atoms with E-state index in [1.807, 2.05) is 12.1 Å². The number of allylic oxidation sites excluding steroid dienone is 5. The summed E-state index contributed by atoms with van der Waals surface area (Å²) in [5.41, 5.74) is 2.41. The van der Waals surface area contributed by atoms with Crippen LogP contribution in [0, 0.1) is 34.5 Å². The Morgan fingerprint density at radius 1 is 1.47 bits per heavy atom. The predicted octanol–water partition coefficient (Wildman–Crippen LogP) is 2.01. The number of hydrogen-bond donors (Lipinski definition) is 0. The summed E-state index contributed by atoms with van der Waals surface area (Å²) >= 11 is 0. The van der Waals surface area contributed by atoms with Gasteiger partial charge >= 0.3 is 0 Å². The molecule has 4 heteroatoms. The van der Waals surface area contributed by atoms with Gasteiger partial charge in [0.2, 0.25) is 0 Å². The van der Waals surface area contributed by atoms with E-state index in [1.165, 1.54) is 6.92 Å². The summed E-state index contributed by atoms with van der Waals surface area (Å²) in [6.45, 7) is 5.26. The molecule has 2 rings (SSSR count). The Bertz CT molecular complexity index is 624. The first-order valence-corrected chi connectivity index (χ1v) is 5.95. The minimum atomic E-state index is -0.854. The molecule has 0 bridgehead atoms. The molecule has 0 spiro atoms. The van der Waals surface area contributed by atoms with Crippen LogP contribution in [-0.2, 0) is 9.59 Å².